The molecule has 6 aromatic rings. The van der Waals surface area contributed by atoms with Crippen LogP contribution >= 0.6 is 11.8 Å². The molecule has 0 radical (unpaired) electrons. The molecule has 0 fully saturated rings. The molecule has 0 spiro atoms. The second-order valence-corrected chi connectivity index (χ2v) is 12.3. The molecule has 1 aliphatic rings. The van der Waals surface area contributed by atoms with Gasteiger partial charge in [0.05, 0.1) is 34.8 Å². The van der Waals surface area contributed by atoms with Gasteiger partial charge in [0.15, 0.2) is 5.16 Å². The molecule has 7 rings (SSSR count). The Morgan fingerprint density at radius 1 is 0.920 bits per heavy atom. The van der Waals surface area contributed by atoms with Crippen molar-refractivity contribution in [1.29, 1.82) is 0 Å². The number of aromatic nitrogens is 3. The minimum absolute atomic E-state index is 0.00717. The van der Waals surface area contributed by atoms with Gasteiger partial charge in [0.2, 0.25) is 0 Å². The molecule has 2 N–H and O–H groups in total. The lowest BCUT2D eigenvalue weighted by atomic mass is 9.95. The van der Waals surface area contributed by atoms with E-state index in [4.69, 9.17) is 14.5 Å². The third kappa shape index (κ3) is 5.93. The van der Waals surface area contributed by atoms with Gasteiger partial charge in [-0.3, -0.25) is 9.36 Å². The van der Waals surface area contributed by atoms with Gasteiger partial charge in [-0.1, -0.05) is 60.3 Å². The van der Waals surface area contributed by atoms with Gasteiger partial charge in [-0.15, -0.1) is 0 Å². The van der Waals surface area contributed by atoms with Gasteiger partial charge in [0.25, 0.3) is 5.56 Å². The Balaban J connectivity index is 1.36. The first-order valence-electron chi connectivity index (χ1n) is 16.0. The topological polar surface area (TPSA) is 116 Å². The number of benzene rings is 4. The van der Waals surface area contributed by atoms with E-state index in [2.05, 4.69) is 34.3 Å². The number of fused-ring (bicyclic) bond motifs is 4. The summed E-state index contributed by atoms with van der Waals surface area (Å²) >= 11 is 1.14. The molecular formula is C37H31F2N5O5S. The van der Waals surface area contributed by atoms with Gasteiger partial charge in [0, 0.05) is 45.4 Å². The zero-order valence-electron chi connectivity index (χ0n) is 27.0. The predicted molar refractivity (Wildman–Crippen MR) is 188 cm³/mol. The molecule has 0 bridgehead atoms. The van der Waals surface area contributed by atoms with E-state index < -0.39 is 24.7 Å². The average molecular weight is 696 g/mol. The highest BCUT2D eigenvalue weighted by atomic mass is 32.2. The average Bonchev–Trinajstić information content (AvgIpc) is 3.43. The highest BCUT2D eigenvalue weighted by molar-refractivity contribution is 7.99. The summed E-state index contributed by atoms with van der Waals surface area (Å²) in [4.78, 5) is 45.6. The number of alkyl halides is 2. The molecule has 3 heterocycles. The zero-order valence-corrected chi connectivity index (χ0v) is 27.8. The van der Waals surface area contributed by atoms with Crippen molar-refractivity contribution >= 4 is 56.5 Å². The number of esters is 1. The fourth-order valence-corrected chi connectivity index (χ4v) is 7.41. The van der Waals surface area contributed by atoms with E-state index in [1.54, 1.807) is 37.3 Å². The van der Waals surface area contributed by atoms with E-state index in [1.807, 2.05) is 30.3 Å². The monoisotopic (exact) mass is 695 g/mol. The maximum absolute atomic E-state index is 14.2. The largest absolute Gasteiger partial charge is 0.463 e. The van der Waals surface area contributed by atoms with Crippen molar-refractivity contribution in [3.05, 3.63) is 118 Å². The van der Waals surface area contributed by atoms with E-state index in [0.717, 1.165) is 40.1 Å². The van der Waals surface area contributed by atoms with Crippen LogP contribution in [0.25, 0.3) is 38.4 Å². The molecule has 0 saturated heterocycles. The van der Waals surface area contributed by atoms with E-state index in [1.165, 1.54) is 22.8 Å². The summed E-state index contributed by atoms with van der Waals surface area (Å²) in [5.74, 6) is -0.986. The maximum Gasteiger partial charge on any atom is 0.387 e. The van der Waals surface area contributed by atoms with Crippen molar-refractivity contribution in [2.24, 2.45) is 0 Å². The Morgan fingerprint density at radius 3 is 2.42 bits per heavy atom. The number of thioether (sulfide) groups is 1. The van der Waals surface area contributed by atoms with Crippen LogP contribution in [0.4, 0.5) is 13.6 Å². The van der Waals surface area contributed by atoms with Crippen LogP contribution in [0.3, 0.4) is 0 Å². The fraction of sp³-hybridized carbons (Fsp3) is 0.189. The third-order valence-electron chi connectivity index (χ3n) is 8.52. The molecule has 1 atom stereocenters. The number of rotatable bonds is 10. The van der Waals surface area contributed by atoms with Crippen molar-refractivity contribution in [3.8, 4) is 11.4 Å². The molecule has 0 saturated carbocycles. The fourth-order valence-electron chi connectivity index (χ4n) is 6.43. The number of carbonyl (C=O) groups is 2. The van der Waals surface area contributed by atoms with Gasteiger partial charge < -0.3 is 24.7 Å². The first kappa shape index (κ1) is 32.8. The second-order valence-electron chi connectivity index (χ2n) is 11.4. The van der Waals surface area contributed by atoms with Crippen LogP contribution in [0.1, 0.15) is 25.5 Å². The van der Waals surface area contributed by atoms with E-state index in [9.17, 15) is 23.2 Å². The van der Waals surface area contributed by atoms with E-state index >= 15 is 0 Å². The Bertz CT molecular complexity index is 2390. The van der Waals surface area contributed by atoms with Crippen LogP contribution < -0.4 is 20.9 Å². The number of nitrogens with zero attached hydrogens (tertiary/aromatic N) is 3. The lowest BCUT2D eigenvalue weighted by Gasteiger charge is -2.30. The summed E-state index contributed by atoms with van der Waals surface area (Å²) in [6, 6.07) is 25.0. The van der Waals surface area contributed by atoms with Gasteiger partial charge in [0.1, 0.15) is 5.75 Å². The Hall–Kier alpha value is -5.69. The molecule has 1 unspecified atom stereocenters. The standard InChI is InChI=1S/C37H31F2N5O5S/c1-3-43-28-15-9-6-11-22(28)25-19-21(17-18-29(25)43)44-33(45)23-12-5-8-14-26(23)41-37(44)50-20-27-31(34(46)48-4-2)32(42-36(47)40-27)24-13-7-10-16-30(24)49-35(38)39/h5-19,32,35H,3-4,20H2,1-2H3,(H2,40,42,47). The van der Waals surface area contributed by atoms with Crippen LogP contribution in [-0.2, 0) is 16.1 Å². The lowest BCUT2D eigenvalue weighted by Crippen LogP contribution is -2.46. The van der Waals surface area contributed by atoms with Crippen LogP contribution in [0.2, 0.25) is 0 Å². The molecule has 1 aliphatic heterocycles. The Kier molecular flexibility index (Phi) is 8.98. The minimum atomic E-state index is -3.13. The van der Waals surface area contributed by atoms with E-state index in [0.29, 0.717) is 21.7 Å². The number of hydrogen-bond acceptors (Lipinski definition) is 7. The van der Waals surface area contributed by atoms with Crippen LogP contribution in [0, 0.1) is 0 Å². The first-order chi connectivity index (χ1) is 24.3. The summed E-state index contributed by atoms with van der Waals surface area (Å²) in [5.41, 5.74) is 3.21. The number of para-hydroxylation sites is 3. The third-order valence-corrected chi connectivity index (χ3v) is 9.48. The molecule has 50 heavy (non-hydrogen) atoms. The number of ether oxygens (including phenoxy) is 2. The van der Waals surface area contributed by atoms with Crippen molar-refractivity contribution in [2.45, 2.75) is 38.2 Å². The van der Waals surface area contributed by atoms with Gasteiger partial charge in [-0.2, -0.15) is 8.78 Å². The quantitative estimate of drug-likeness (QED) is 0.0894. The lowest BCUT2D eigenvalue weighted by molar-refractivity contribution is -0.139. The molecule has 0 aliphatic carbocycles. The summed E-state index contributed by atoms with van der Waals surface area (Å²) in [6.45, 7) is 1.38. The predicted octanol–water partition coefficient (Wildman–Crippen LogP) is 7.08. The normalized spacial score (nSPS) is 14.7. The van der Waals surface area contributed by atoms with Crippen LogP contribution in [0.5, 0.6) is 5.75 Å². The van der Waals surface area contributed by atoms with E-state index in [-0.39, 0.29) is 40.5 Å². The van der Waals surface area contributed by atoms with Gasteiger partial charge in [-0.05, 0) is 56.3 Å². The number of nitrogens with one attached hydrogen (secondary N) is 2. The van der Waals surface area contributed by atoms with Gasteiger partial charge in [-0.25, -0.2) is 14.6 Å². The van der Waals surface area contributed by atoms with Crippen LogP contribution in [0.15, 0.2) is 112 Å². The number of halogens is 2. The van der Waals surface area contributed by atoms with Crippen molar-refractivity contribution in [1.82, 2.24) is 24.8 Å². The minimum Gasteiger partial charge on any atom is -0.463 e. The maximum atomic E-state index is 14.2. The summed E-state index contributed by atoms with van der Waals surface area (Å²) in [5, 5.41) is 8.11. The Labute approximate surface area is 288 Å². The molecule has 2 amide bonds. The highest BCUT2D eigenvalue weighted by Crippen LogP contribution is 2.36. The van der Waals surface area contributed by atoms with Crippen molar-refractivity contribution in [2.75, 3.05) is 12.4 Å². The zero-order chi connectivity index (χ0) is 34.9. The van der Waals surface area contributed by atoms with Crippen molar-refractivity contribution in [3.63, 3.8) is 0 Å². The number of amides is 2. The first-order valence-corrected chi connectivity index (χ1v) is 16.9. The van der Waals surface area contributed by atoms with Gasteiger partial charge >= 0.3 is 18.6 Å². The second kappa shape index (κ2) is 13.7. The highest BCUT2D eigenvalue weighted by Gasteiger charge is 2.36. The summed E-state index contributed by atoms with van der Waals surface area (Å²) < 4.78 is 40.5. The van der Waals surface area contributed by atoms with Crippen LogP contribution in [-0.4, -0.2) is 45.1 Å². The smallest absolute Gasteiger partial charge is 0.387 e. The molecular weight excluding hydrogens is 665 g/mol. The number of aryl methyl sites for hydroxylation is 1. The number of carbonyl (C=O) groups excluding carboxylic acids is 2. The summed E-state index contributed by atoms with van der Waals surface area (Å²) in [7, 11) is 0. The molecule has 4 aromatic carbocycles. The Morgan fingerprint density at radius 2 is 1.64 bits per heavy atom. The molecule has 10 nitrogen and oxygen atoms in total. The molecule has 2 aromatic heterocycles. The summed E-state index contributed by atoms with van der Waals surface area (Å²) in [6.07, 6.45) is 0. The SMILES string of the molecule is CCOC(=O)C1=C(CSc2nc3ccccc3c(=O)n2-c2ccc3c(c2)c2ccccc2n3CC)NC(=O)NC1c1ccccc1OC(F)F. The molecule has 13 heteroatoms. The molecule has 254 valence electrons. The number of hydrogen-bond donors (Lipinski definition) is 2. The number of urea groups is 1. The van der Waals surface area contributed by atoms with Crippen molar-refractivity contribution < 1.29 is 27.8 Å².